The molecule has 2 aliphatic rings. The molecule has 2 saturated heterocycles. The molecule has 2 fully saturated rings. The Labute approximate surface area is 140 Å². The number of nitrogens with zero attached hydrogens (tertiary/aromatic N) is 2. The molecule has 4 heteroatoms. The molecule has 1 N–H and O–H groups in total. The zero-order valence-electron chi connectivity index (χ0n) is 14.1. The van der Waals surface area contributed by atoms with Gasteiger partial charge in [0.1, 0.15) is 0 Å². The van der Waals surface area contributed by atoms with Gasteiger partial charge in [0.25, 0.3) is 0 Å². The van der Waals surface area contributed by atoms with Gasteiger partial charge in [-0.1, -0.05) is 30.3 Å². The van der Waals surface area contributed by atoms with Crippen molar-refractivity contribution in [3.05, 3.63) is 35.9 Å². The molecule has 4 nitrogen and oxygen atoms in total. The number of piperidine rings is 1. The van der Waals surface area contributed by atoms with Crippen LogP contribution < -0.4 is 0 Å². The average molecular weight is 318 g/mol. The molecule has 0 aromatic heterocycles. The van der Waals surface area contributed by atoms with Gasteiger partial charge in [-0.2, -0.15) is 0 Å². The van der Waals surface area contributed by atoms with Crippen molar-refractivity contribution in [3.8, 4) is 0 Å². The number of likely N-dealkylation sites (tertiary alicyclic amines) is 2. The number of benzene rings is 1. The SMILES string of the molecule is O[C@H](COCc1ccccc1)CN1CCCC(N2CCCC2)C1. The van der Waals surface area contributed by atoms with Crippen LogP contribution in [0.5, 0.6) is 0 Å². The Kier molecular flexibility index (Phi) is 6.46. The first-order valence-corrected chi connectivity index (χ1v) is 9.07. The molecule has 0 saturated carbocycles. The van der Waals surface area contributed by atoms with Gasteiger partial charge in [0, 0.05) is 19.1 Å². The number of hydrogen-bond acceptors (Lipinski definition) is 4. The molecule has 2 atom stereocenters. The molecular formula is C19H30N2O2. The first-order valence-electron chi connectivity index (χ1n) is 9.07. The maximum absolute atomic E-state index is 10.3. The van der Waals surface area contributed by atoms with Crippen LogP contribution in [0, 0.1) is 0 Å². The number of aliphatic hydroxyl groups excluding tert-OH is 1. The van der Waals surface area contributed by atoms with Crippen molar-refractivity contribution < 1.29 is 9.84 Å². The molecule has 0 aliphatic carbocycles. The summed E-state index contributed by atoms with van der Waals surface area (Å²) in [4.78, 5) is 5.06. The topological polar surface area (TPSA) is 35.9 Å². The number of β-amino-alcohol motifs (C(OH)–C–C–N with tert-alkyl or cyclic N) is 1. The number of ether oxygens (including phenoxy) is 1. The normalized spacial score (nSPS) is 24.8. The van der Waals surface area contributed by atoms with Gasteiger partial charge in [0.2, 0.25) is 0 Å². The third-order valence-electron chi connectivity index (χ3n) is 5.03. The van der Waals surface area contributed by atoms with Gasteiger partial charge in [0.15, 0.2) is 0 Å². The van der Waals surface area contributed by atoms with Crippen LogP contribution in [0.4, 0.5) is 0 Å². The molecule has 3 rings (SSSR count). The predicted octanol–water partition coefficient (Wildman–Crippen LogP) is 2.12. The third-order valence-corrected chi connectivity index (χ3v) is 5.03. The first-order chi connectivity index (χ1) is 11.3. The summed E-state index contributed by atoms with van der Waals surface area (Å²) in [5.74, 6) is 0. The molecular weight excluding hydrogens is 288 g/mol. The maximum Gasteiger partial charge on any atom is 0.0900 e. The summed E-state index contributed by atoms with van der Waals surface area (Å²) in [7, 11) is 0. The van der Waals surface area contributed by atoms with Gasteiger partial charge >= 0.3 is 0 Å². The van der Waals surface area contributed by atoms with E-state index in [1.807, 2.05) is 18.2 Å². The van der Waals surface area contributed by atoms with Crippen LogP contribution in [0.25, 0.3) is 0 Å². The lowest BCUT2D eigenvalue weighted by molar-refractivity contribution is -0.000316. The third kappa shape index (κ3) is 5.28. The Balaban J connectivity index is 1.36. The highest BCUT2D eigenvalue weighted by Gasteiger charge is 2.27. The van der Waals surface area contributed by atoms with Gasteiger partial charge < -0.3 is 9.84 Å². The summed E-state index contributed by atoms with van der Waals surface area (Å²) in [5.41, 5.74) is 1.16. The Morgan fingerprint density at radius 1 is 1.09 bits per heavy atom. The molecule has 0 radical (unpaired) electrons. The van der Waals surface area contributed by atoms with Crippen LogP contribution in [-0.4, -0.2) is 66.4 Å². The van der Waals surface area contributed by atoms with Crippen LogP contribution in [0.1, 0.15) is 31.2 Å². The van der Waals surface area contributed by atoms with Crippen molar-refractivity contribution in [2.75, 3.05) is 39.3 Å². The Morgan fingerprint density at radius 2 is 1.87 bits per heavy atom. The summed E-state index contributed by atoms with van der Waals surface area (Å²) < 4.78 is 5.66. The standard InChI is InChI=1S/C19H30N2O2/c22-19(16-23-15-17-7-2-1-3-8-17)14-20-10-6-9-18(13-20)21-11-4-5-12-21/h1-3,7-8,18-19,22H,4-6,9-16H2/t18?,19-/m0/s1. The molecule has 1 aromatic carbocycles. The van der Waals surface area contributed by atoms with E-state index >= 15 is 0 Å². The minimum atomic E-state index is -0.393. The number of rotatable bonds is 7. The largest absolute Gasteiger partial charge is 0.389 e. The van der Waals surface area contributed by atoms with Gasteiger partial charge in [-0.05, 0) is 50.9 Å². The second-order valence-corrected chi connectivity index (χ2v) is 6.95. The van der Waals surface area contributed by atoms with E-state index in [0.717, 1.165) is 25.2 Å². The average Bonchev–Trinajstić information content (AvgIpc) is 3.11. The summed E-state index contributed by atoms with van der Waals surface area (Å²) in [6, 6.07) is 10.8. The van der Waals surface area contributed by atoms with Crippen molar-refractivity contribution in [1.29, 1.82) is 0 Å². The van der Waals surface area contributed by atoms with Gasteiger partial charge in [-0.25, -0.2) is 0 Å². The molecule has 2 aliphatic heterocycles. The molecule has 128 valence electrons. The maximum atomic E-state index is 10.3. The van der Waals surface area contributed by atoms with Crippen molar-refractivity contribution in [1.82, 2.24) is 9.80 Å². The zero-order valence-corrected chi connectivity index (χ0v) is 14.1. The van der Waals surface area contributed by atoms with Crippen LogP contribution in [-0.2, 0) is 11.3 Å². The molecule has 2 heterocycles. The monoisotopic (exact) mass is 318 g/mol. The smallest absolute Gasteiger partial charge is 0.0900 e. The van der Waals surface area contributed by atoms with Crippen LogP contribution in [0.2, 0.25) is 0 Å². The minimum absolute atomic E-state index is 0.393. The lowest BCUT2D eigenvalue weighted by Crippen LogP contribution is -2.49. The van der Waals surface area contributed by atoms with Gasteiger partial charge in [-0.3, -0.25) is 9.80 Å². The fourth-order valence-electron chi connectivity index (χ4n) is 3.84. The summed E-state index contributed by atoms with van der Waals surface area (Å²) in [6.07, 6.45) is 4.88. The van der Waals surface area contributed by atoms with Crippen LogP contribution >= 0.6 is 0 Å². The van der Waals surface area contributed by atoms with Crippen molar-refractivity contribution in [2.24, 2.45) is 0 Å². The van der Waals surface area contributed by atoms with Gasteiger partial charge in [0.05, 0.1) is 19.3 Å². The Bertz CT molecular complexity index is 448. The number of hydrogen-bond donors (Lipinski definition) is 1. The fourth-order valence-corrected chi connectivity index (χ4v) is 3.84. The highest BCUT2D eigenvalue weighted by Crippen LogP contribution is 2.20. The molecule has 0 amide bonds. The molecule has 0 bridgehead atoms. The van der Waals surface area contributed by atoms with E-state index in [9.17, 15) is 5.11 Å². The second kappa shape index (κ2) is 8.78. The highest BCUT2D eigenvalue weighted by molar-refractivity contribution is 5.13. The molecule has 1 aromatic rings. The highest BCUT2D eigenvalue weighted by atomic mass is 16.5. The lowest BCUT2D eigenvalue weighted by atomic mass is 10.0. The summed E-state index contributed by atoms with van der Waals surface area (Å²) >= 11 is 0. The second-order valence-electron chi connectivity index (χ2n) is 6.95. The Hall–Kier alpha value is -0.940. The quantitative estimate of drug-likeness (QED) is 0.835. The summed E-state index contributed by atoms with van der Waals surface area (Å²) in [6.45, 7) is 6.48. The van der Waals surface area contributed by atoms with Crippen molar-refractivity contribution >= 4 is 0 Å². The van der Waals surface area contributed by atoms with E-state index < -0.39 is 6.10 Å². The van der Waals surface area contributed by atoms with E-state index in [-0.39, 0.29) is 0 Å². The lowest BCUT2D eigenvalue weighted by Gasteiger charge is -2.38. The van der Waals surface area contributed by atoms with Crippen LogP contribution in [0.3, 0.4) is 0 Å². The summed E-state index contributed by atoms with van der Waals surface area (Å²) in [5, 5.41) is 10.3. The van der Waals surface area contributed by atoms with E-state index in [0.29, 0.717) is 19.3 Å². The van der Waals surface area contributed by atoms with Crippen LogP contribution in [0.15, 0.2) is 30.3 Å². The zero-order chi connectivity index (χ0) is 15.9. The van der Waals surface area contributed by atoms with E-state index in [2.05, 4.69) is 21.9 Å². The minimum Gasteiger partial charge on any atom is -0.389 e. The Morgan fingerprint density at radius 3 is 2.65 bits per heavy atom. The van der Waals surface area contributed by atoms with Crippen molar-refractivity contribution in [2.45, 2.75) is 44.4 Å². The van der Waals surface area contributed by atoms with E-state index in [1.165, 1.54) is 38.8 Å². The fraction of sp³-hybridized carbons (Fsp3) is 0.684. The number of aliphatic hydroxyl groups is 1. The molecule has 23 heavy (non-hydrogen) atoms. The molecule has 1 unspecified atom stereocenters. The molecule has 0 spiro atoms. The van der Waals surface area contributed by atoms with E-state index in [1.54, 1.807) is 0 Å². The van der Waals surface area contributed by atoms with Crippen molar-refractivity contribution in [3.63, 3.8) is 0 Å². The first kappa shape index (κ1) is 16.9. The van der Waals surface area contributed by atoms with E-state index in [4.69, 9.17) is 4.74 Å². The predicted molar refractivity (Wildman–Crippen MR) is 92.4 cm³/mol. The van der Waals surface area contributed by atoms with Gasteiger partial charge in [-0.15, -0.1) is 0 Å².